The highest BCUT2D eigenvalue weighted by molar-refractivity contribution is 5.73. The van der Waals surface area contributed by atoms with Crippen molar-refractivity contribution in [2.24, 2.45) is 5.92 Å². The number of esters is 2. The normalized spacial score (nSPS) is 11.0. The summed E-state index contributed by atoms with van der Waals surface area (Å²) < 4.78 is 10.8. The smallest absolute Gasteiger partial charge is 0.311 e. The van der Waals surface area contributed by atoms with Gasteiger partial charge in [-0.3, -0.25) is 9.59 Å². The van der Waals surface area contributed by atoms with Gasteiger partial charge in [0, 0.05) is 12.8 Å². The quantitative estimate of drug-likeness (QED) is 0.111. The monoisotopic (exact) mass is 460 g/mol. The molecule has 0 saturated carbocycles. The van der Waals surface area contributed by atoms with Crippen molar-refractivity contribution in [3.8, 4) is 11.5 Å². The number of carbonyl (C=O) groups excluding carboxylic acids is 2. The first-order valence-corrected chi connectivity index (χ1v) is 13.5. The molecule has 0 aliphatic heterocycles. The maximum atomic E-state index is 12.0. The third-order valence-electron chi connectivity index (χ3n) is 5.93. The number of hydrogen-bond donors (Lipinski definition) is 0. The maximum Gasteiger partial charge on any atom is 0.311 e. The minimum absolute atomic E-state index is 0.199. The molecule has 1 aromatic rings. The minimum atomic E-state index is -0.200. The van der Waals surface area contributed by atoms with Gasteiger partial charge < -0.3 is 9.47 Å². The highest BCUT2D eigenvalue weighted by atomic mass is 16.5. The van der Waals surface area contributed by atoms with E-state index >= 15 is 0 Å². The zero-order valence-corrected chi connectivity index (χ0v) is 21.5. The van der Waals surface area contributed by atoms with Gasteiger partial charge in [-0.15, -0.1) is 0 Å². The van der Waals surface area contributed by atoms with Gasteiger partial charge in [-0.25, -0.2) is 0 Å². The van der Waals surface area contributed by atoms with Gasteiger partial charge in [-0.1, -0.05) is 104 Å². The molecule has 0 N–H and O–H groups in total. The van der Waals surface area contributed by atoms with Crippen LogP contribution in [0.15, 0.2) is 24.3 Å². The Morgan fingerprint density at radius 2 is 0.970 bits per heavy atom. The SMILES string of the molecule is CCCCCCCCCCC(=O)Oc1ccc(OC(=O)CCCCCCCCC(C)C)cc1. The molecule has 0 bridgehead atoms. The number of carbonyl (C=O) groups is 2. The largest absolute Gasteiger partial charge is 0.427 e. The van der Waals surface area contributed by atoms with E-state index in [-0.39, 0.29) is 11.9 Å². The fraction of sp³-hybridized carbons (Fsp3) is 0.724. The zero-order chi connectivity index (χ0) is 24.2. The number of benzene rings is 1. The summed E-state index contributed by atoms with van der Waals surface area (Å²) in [5.74, 6) is 1.39. The number of hydrogen-bond acceptors (Lipinski definition) is 4. The number of rotatable bonds is 20. The first-order valence-electron chi connectivity index (χ1n) is 13.5. The van der Waals surface area contributed by atoms with E-state index in [0.29, 0.717) is 24.3 Å². The summed E-state index contributed by atoms with van der Waals surface area (Å²) in [4.78, 5) is 24.0. The molecular formula is C29H48O4. The molecule has 0 spiro atoms. The van der Waals surface area contributed by atoms with Crippen LogP contribution in [0.4, 0.5) is 0 Å². The van der Waals surface area contributed by atoms with Crippen LogP contribution < -0.4 is 9.47 Å². The summed E-state index contributed by atoms with van der Waals surface area (Å²) in [5.41, 5.74) is 0. The van der Waals surface area contributed by atoms with E-state index in [1.54, 1.807) is 24.3 Å². The zero-order valence-electron chi connectivity index (χ0n) is 21.5. The van der Waals surface area contributed by atoms with E-state index in [1.165, 1.54) is 70.6 Å². The molecule has 0 aromatic heterocycles. The highest BCUT2D eigenvalue weighted by Crippen LogP contribution is 2.20. The molecule has 0 atom stereocenters. The molecule has 4 heteroatoms. The average Bonchev–Trinajstić information content (AvgIpc) is 2.78. The van der Waals surface area contributed by atoms with Crippen molar-refractivity contribution in [2.75, 3.05) is 0 Å². The van der Waals surface area contributed by atoms with E-state index in [0.717, 1.165) is 31.6 Å². The van der Waals surface area contributed by atoms with Crippen LogP contribution in [0.2, 0.25) is 0 Å². The fourth-order valence-electron chi connectivity index (χ4n) is 3.87. The number of unbranched alkanes of at least 4 members (excludes halogenated alkanes) is 12. The Morgan fingerprint density at radius 3 is 1.36 bits per heavy atom. The van der Waals surface area contributed by atoms with Crippen molar-refractivity contribution in [1.82, 2.24) is 0 Å². The molecule has 1 rings (SSSR count). The van der Waals surface area contributed by atoms with Gasteiger partial charge >= 0.3 is 11.9 Å². The molecule has 0 aliphatic rings. The lowest BCUT2D eigenvalue weighted by Gasteiger charge is -2.07. The summed E-state index contributed by atoms with van der Waals surface area (Å²) >= 11 is 0. The minimum Gasteiger partial charge on any atom is -0.427 e. The lowest BCUT2D eigenvalue weighted by molar-refractivity contribution is -0.135. The van der Waals surface area contributed by atoms with Crippen LogP contribution in [-0.2, 0) is 9.59 Å². The summed E-state index contributed by atoms with van der Waals surface area (Å²) in [6.07, 6.45) is 18.8. The number of ether oxygens (including phenoxy) is 2. The van der Waals surface area contributed by atoms with Gasteiger partial charge in [0.05, 0.1) is 0 Å². The van der Waals surface area contributed by atoms with Crippen LogP contribution in [0, 0.1) is 5.92 Å². The second kappa shape index (κ2) is 19.6. The Labute approximate surface area is 202 Å². The molecule has 0 unspecified atom stereocenters. The summed E-state index contributed by atoms with van der Waals surface area (Å²) in [6, 6.07) is 6.74. The highest BCUT2D eigenvalue weighted by Gasteiger charge is 2.08. The summed E-state index contributed by atoms with van der Waals surface area (Å²) in [7, 11) is 0. The maximum absolute atomic E-state index is 12.0. The van der Waals surface area contributed by atoms with E-state index in [9.17, 15) is 9.59 Å². The molecular weight excluding hydrogens is 412 g/mol. The van der Waals surface area contributed by atoms with Gasteiger partial charge in [0.25, 0.3) is 0 Å². The van der Waals surface area contributed by atoms with Crippen molar-refractivity contribution in [3.63, 3.8) is 0 Å². The third-order valence-corrected chi connectivity index (χ3v) is 5.93. The Hall–Kier alpha value is -1.84. The van der Waals surface area contributed by atoms with Gasteiger partial charge in [-0.2, -0.15) is 0 Å². The molecule has 188 valence electrons. The first kappa shape index (κ1) is 29.2. The lowest BCUT2D eigenvalue weighted by Crippen LogP contribution is -2.09. The Bertz CT molecular complexity index is 621. The molecule has 4 nitrogen and oxygen atoms in total. The second-order valence-electron chi connectivity index (χ2n) is 9.70. The van der Waals surface area contributed by atoms with Crippen LogP contribution in [-0.4, -0.2) is 11.9 Å². The van der Waals surface area contributed by atoms with Crippen LogP contribution in [0.3, 0.4) is 0 Å². The van der Waals surface area contributed by atoms with Crippen LogP contribution in [0.1, 0.15) is 130 Å². The Kier molecular flexibility index (Phi) is 17.4. The van der Waals surface area contributed by atoms with Crippen LogP contribution in [0.25, 0.3) is 0 Å². The summed E-state index contributed by atoms with van der Waals surface area (Å²) in [6.45, 7) is 6.76. The lowest BCUT2D eigenvalue weighted by atomic mass is 10.0. The van der Waals surface area contributed by atoms with Crippen molar-refractivity contribution in [3.05, 3.63) is 24.3 Å². The summed E-state index contributed by atoms with van der Waals surface area (Å²) in [5, 5.41) is 0. The molecule has 0 fully saturated rings. The second-order valence-corrected chi connectivity index (χ2v) is 9.70. The Morgan fingerprint density at radius 1 is 0.606 bits per heavy atom. The predicted octanol–water partition coefficient (Wildman–Crippen LogP) is 8.81. The van der Waals surface area contributed by atoms with Crippen molar-refractivity contribution >= 4 is 11.9 Å². The van der Waals surface area contributed by atoms with Gasteiger partial charge in [0.1, 0.15) is 11.5 Å². The molecule has 0 radical (unpaired) electrons. The van der Waals surface area contributed by atoms with E-state index in [2.05, 4.69) is 20.8 Å². The van der Waals surface area contributed by atoms with Crippen molar-refractivity contribution in [2.45, 2.75) is 130 Å². The van der Waals surface area contributed by atoms with E-state index in [1.807, 2.05) is 0 Å². The van der Waals surface area contributed by atoms with Gasteiger partial charge in [-0.05, 0) is 43.0 Å². The molecule has 0 heterocycles. The molecule has 0 saturated heterocycles. The van der Waals surface area contributed by atoms with E-state index in [4.69, 9.17) is 9.47 Å². The van der Waals surface area contributed by atoms with E-state index < -0.39 is 0 Å². The van der Waals surface area contributed by atoms with Crippen molar-refractivity contribution < 1.29 is 19.1 Å². The van der Waals surface area contributed by atoms with Crippen LogP contribution in [0.5, 0.6) is 11.5 Å². The Balaban J connectivity index is 2.09. The first-order chi connectivity index (χ1) is 16.0. The topological polar surface area (TPSA) is 52.6 Å². The van der Waals surface area contributed by atoms with Gasteiger partial charge in [0.2, 0.25) is 0 Å². The van der Waals surface area contributed by atoms with Gasteiger partial charge in [0.15, 0.2) is 0 Å². The third kappa shape index (κ3) is 17.3. The molecule has 0 amide bonds. The average molecular weight is 461 g/mol. The molecule has 0 aliphatic carbocycles. The molecule has 33 heavy (non-hydrogen) atoms. The predicted molar refractivity (Wildman–Crippen MR) is 137 cm³/mol. The molecule has 1 aromatic carbocycles. The van der Waals surface area contributed by atoms with Crippen molar-refractivity contribution in [1.29, 1.82) is 0 Å². The fourth-order valence-corrected chi connectivity index (χ4v) is 3.87. The standard InChI is InChI=1S/C29H48O4/c1-4-5-6-7-8-9-13-16-19-28(30)32-26-21-23-27(24-22-26)33-29(31)20-17-14-11-10-12-15-18-25(2)3/h21-25H,4-20H2,1-3H3. The van der Waals surface area contributed by atoms with Crippen LogP contribution >= 0.6 is 0 Å².